The van der Waals surface area contributed by atoms with Crippen molar-refractivity contribution in [1.82, 2.24) is 20.2 Å². The van der Waals surface area contributed by atoms with Crippen molar-refractivity contribution < 1.29 is 9.21 Å². The summed E-state index contributed by atoms with van der Waals surface area (Å²) in [5.41, 5.74) is 1.65. The largest absolute Gasteiger partial charge is 0.448 e. The summed E-state index contributed by atoms with van der Waals surface area (Å²) in [6.07, 6.45) is 11.8. The van der Waals surface area contributed by atoms with Crippen molar-refractivity contribution in [2.75, 3.05) is 13.1 Å². The van der Waals surface area contributed by atoms with Crippen LogP contribution in [0.2, 0.25) is 0 Å². The minimum atomic E-state index is -0.108. The fraction of sp³-hybridized carbons (Fsp3) is 0.550. The second kappa shape index (κ2) is 7.99. The summed E-state index contributed by atoms with van der Waals surface area (Å²) in [5.74, 6) is 1.02. The monoisotopic (exact) mass is 354 g/mol. The van der Waals surface area contributed by atoms with Crippen LogP contribution in [-0.4, -0.2) is 39.9 Å². The van der Waals surface area contributed by atoms with Crippen LogP contribution < -0.4 is 5.32 Å². The first kappa shape index (κ1) is 17.2. The molecule has 1 aliphatic heterocycles. The van der Waals surface area contributed by atoms with Crippen LogP contribution in [0.1, 0.15) is 66.4 Å². The number of likely N-dealkylation sites (tertiary alicyclic amines) is 1. The van der Waals surface area contributed by atoms with Gasteiger partial charge in [-0.05, 0) is 37.3 Å². The number of amides is 1. The third-order valence-corrected chi connectivity index (χ3v) is 5.51. The molecule has 2 aromatic heterocycles. The fourth-order valence-corrected chi connectivity index (χ4v) is 4.00. The van der Waals surface area contributed by atoms with Gasteiger partial charge in [0.05, 0.1) is 0 Å². The van der Waals surface area contributed by atoms with E-state index in [0.717, 1.165) is 51.2 Å². The molecule has 1 amide bonds. The Balaban J connectivity index is 1.25. The van der Waals surface area contributed by atoms with Gasteiger partial charge in [-0.15, -0.1) is 0 Å². The lowest BCUT2D eigenvalue weighted by Gasteiger charge is -2.32. The van der Waals surface area contributed by atoms with E-state index in [1.54, 1.807) is 6.20 Å². The lowest BCUT2D eigenvalue weighted by atomic mass is 10.0. The minimum absolute atomic E-state index is 0.108. The van der Waals surface area contributed by atoms with Crippen LogP contribution >= 0.6 is 0 Å². The molecule has 0 atom stereocenters. The molecule has 3 heterocycles. The summed E-state index contributed by atoms with van der Waals surface area (Å²) < 4.78 is 5.56. The maximum atomic E-state index is 12.5. The zero-order valence-electron chi connectivity index (χ0n) is 15.1. The topological polar surface area (TPSA) is 71.3 Å². The number of carbonyl (C=O) groups is 1. The van der Waals surface area contributed by atoms with Crippen molar-refractivity contribution in [2.45, 2.75) is 57.0 Å². The highest BCUT2D eigenvalue weighted by Crippen LogP contribution is 2.33. The highest BCUT2D eigenvalue weighted by atomic mass is 16.3. The summed E-state index contributed by atoms with van der Waals surface area (Å²) in [4.78, 5) is 23.5. The van der Waals surface area contributed by atoms with Gasteiger partial charge in [-0.1, -0.05) is 18.9 Å². The predicted molar refractivity (Wildman–Crippen MR) is 97.7 cm³/mol. The molecule has 26 heavy (non-hydrogen) atoms. The van der Waals surface area contributed by atoms with Gasteiger partial charge in [0.1, 0.15) is 6.26 Å². The SMILES string of the molecule is O=C(NC1CCN(Cc2cccnc2)CC1)c1coc(C2CCCC2)n1. The van der Waals surface area contributed by atoms with Crippen LogP contribution in [0.4, 0.5) is 0 Å². The van der Waals surface area contributed by atoms with E-state index in [1.165, 1.54) is 24.7 Å². The Morgan fingerprint density at radius 3 is 2.77 bits per heavy atom. The Morgan fingerprint density at radius 2 is 2.04 bits per heavy atom. The molecule has 1 aliphatic carbocycles. The highest BCUT2D eigenvalue weighted by molar-refractivity contribution is 5.92. The van der Waals surface area contributed by atoms with E-state index >= 15 is 0 Å². The molecule has 1 N–H and O–H groups in total. The molecule has 0 bridgehead atoms. The fourth-order valence-electron chi connectivity index (χ4n) is 4.00. The quantitative estimate of drug-likeness (QED) is 0.893. The van der Waals surface area contributed by atoms with Crippen LogP contribution in [0.5, 0.6) is 0 Å². The van der Waals surface area contributed by atoms with Gasteiger partial charge >= 0.3 is 0 Å². The molecule has 0 radical (unpaired) electrons. The van der Waals surface area contributed by atoms with Gasteiger partial charge in [-0.2, -0.15) is 0 Å². The van der Waals surface area contributed by atoms with E-state index < -0.39 is 0 Å². The Labute approximate surface area is 154 Å². The van der Waals surface area contributed by atoms with Crippen molar-refractivity contribution in [3.05, 3.63) is 47.9 Å². The number of oxazole rings is 1. The molecule has 2 fully saturated rings. The van der Waals surface area contributed by atoms with Crippen molar-refractivity contribution in [3.63, 3.8) is 0 Å². The number of carbonyl (C=O) groups excluding carboxylic acids is 1. The smallest absolute Gasteiger partial charge is 0.273 e. The maximum absolute atomic E-state index is 12.5. The summed E-state index contributed by atoms with van der Waals surface area (Å²) in [6, 6.07) is 4.28. The first-order chi connectivity index (χ1) is 12.8. The van der Waals surface area contributed by atoms with Crippen molar-refractivity contribution in [2.24, 2.45) is 0 Å². The summed E-state index contributed by atoms with van der Waals surface area (Å²) >= 11 is 0. The Hall–Kier alpha value is -2.21. The number of aromatic nitrogens is 2. The van der Waals surface area contributed by atoms with Gasteiger partial charge in [0.15, 0.2) is 11.6 Å². The number of nitrogens with one attached hydrogen (secondary N) is 1. The van der Waals surface area contributed by atoms with Gasteiger partial charge in [-0.3, -0.25) is 14.7 Å². The van der Waals surface area contributed by atoms with Crippen LogP contribution in [0.25, 0.3) is 0 Å². The van der Waals surface area contributed by atoms with E-state index in [4.69, 9.17) is 4.42 Å². The number of piperidine rings is 1. The summed E-state index contributed by atoms with van der Waals surface area (Å²) in [7, 11) is 0. The maximum Gasteiger partial charge on any atom is 0.273 e. The molecule has 6 nitrogen and oxygen atoms in total. The van der Waals surface area contributed by atoms with Crippen molar-refractivity contribution >= 4 is 5.91 Å². The Morgan fingerprint density at radius 1 is 1.23 bits per heavy atom. The molecule has 2 aromatic rings. The number of hydrogen-bond acceptors (Lipinski definition) is 5. The molecule has 2 aliphatic rings. The number of rotatable bonds is 5. The van der Waals surface area contributed by atoms with Crippen LogP contribution in [0.3, 0.4) is 0 Å². The van der Waals surface area contributed by atoms with Gasteiger partial charge in [-0.25, -0.2) is 4.98 Å². The number of hydrogen-bond donors (Lipinski definition) is 1. The molecular formula is C20H26N4O2. The Bertz CT molecular complexity index is 716. The van der Waals surface area contributed by atoms with E-state index in [-0.39, 0.29) is 11.9 Å². The average molecular weight is 354 g/mol. The predicted octanol–water partition coefficient (Wildman–Crippen LogP) is 3.12. The average Bonchev–Trinajstić information content (AvgIpc) is 3.36. The lowest BCUT2D eigenvalue weighted by molar-refractivity contribution is 0.0904. The molecule has 138 valence electrons. The molecule has 0 spiro atoms. The molecule has 6 heteroatoms. The molecule has 1 saturated carbocycles. The number of nitrogens with zero attached hydrogens (tertiary/aromatic N) is 3. The normalized spacial score (nSPS) is 19.7. The minimum Gasteiger partial charge on any atom is -0.448 e. The van der Waals surface area contributed by atoms with Gasteiger partial charge in [0, 0.05) is 44.0 Å². The molecule has 0 unspecified atom stereocenters. The van der Waals surface area contributed by atoms with Crippen LogP contribution in [-0.2, 0) is 6.54 Å². The van der Waals surface area contributed by atoms with Crippen LogP contribution in [0, 0.1) is 0 Å². The number of pyridine rings is 1. The van der Waals surface area contributed by atoms with Crippen LogP contribution in [0.15, 0.2) is 35.2 Å². The summed E-state index contributed by atoms with van der Waals surface area (Å²) in [5, 5.41) is 3.12. The molecule has 0 aromatic carbocycles. The van der Waals surface area contributed by atoms with Crippen molar-refractivity contribution in [1.29, 1.82) is 0 Å². The molecule has 1 saturated heterocycles. The second-order valence-electron chi connectivity index (χ2n) is 7.44. The third-order valence-electron chi connectivity index (χ3n) is 5.51. The lowest BCUT2D eigenvalue weighted by Crippen LogP contribution is -2.44. The first-order valence-electron chi connectivity index (χ1n) is 9.65. The van der Waals surface area contributed by atoms with E-state index in [1.807, 2.05) is 12.3 Å². The summed E-state index contributed by atoms with van der Waals surface area (Å²) in [6.45, 7) is 2.88. The van der Waals surface area contributed by atoms with E-state index in [9.17, 15) is 4.79 Å². The van der Waals surface area contributed by atoms with Gasteiger partial charge < -0.3 is 9.73 Å². The van der Waals surface area contributed by atoms with E-state index in [2.05, 4.69) is 26.3 Å². The zero-order chi connectivity index (χ0) is 17.8. The standard InChI is InChI=1S/C20H26N4O2/c25-19(18-14-26-20(23-18)16-5-1-2-6-16)22-17-7-10-24(11-8-17)13-15-4-3-9-21-12-15/h3-4,9,12,14,16-17H,1-2,5-8,10-11,13H2,(H,22,25). The van der Waals surface area contributed by atoms with Gasteiger partial charge in [0.25, 0.3) is 5.91 Å². The van der Waals surface area contributed by atoms with Gasteiger partial charge in [0.2, 0.25) is 0 Å². The molecule has 4 rings (SSSR count). The Kier molecular flexibility index (Phi) is 5.29. The first-order valence-corrected chi connectivity index (χ1v) is 9.65. The third kappa shape index (κ3) is 4.12. The van der Waals surface area contributed by atoms with Crippen molar-refractivity contribution in [3.8, 4) is 0 Å². The zero-order valence-corrected chi connectivity index (χ0v) is 15.1. The highest BCUT2D eigenvalue weighted by Gasteiger charge is 2.25. The second-order valence-corrected chi connectivity index (χ2v) is 7.44. The molecular weight excluding hydrogens is 328 g/mol. The van der Waals surface area contributed by atoms with E-state index in [0.29, 0.717) is 11.6 Å².